The average Bonchev–Trinajstić information content (AvgIpc) is 3.07. The van der Waals surface area contributed by atoms with Gasteiger partial charge in [-0.25, -0.2) is 9.98 Å². The Kier molecular flexibility index (Phi) is 7.28. The van der Waals surface area contributed by atoms with E-state index in [0.717, 1.165) is 18.1 Å². The van der Waals surface area contributed by atoms with Gasteiger partial charge in [-0.3, -0.25) is 0 Å². The van der Waals surface area contributed by atoms with E-state index in [4.69, 9.17) is 9.15 Å². The molecule has 0 aliphatic carbocycles. The Bertz CT molecular complexity index is 747. The van der Waals surface area contributed by atoms with Gasteiger partial charge < -0.3 is 19.8 Å². The Morgan fingerprint density at radius 2 is 2.07 bits per heavy atom. The van der Waals surface area contributed by atoms with E-state index in [1.807, 2.05) is 32.0 Å². The van der Waals surface area contributed by atoms with Gasteiger partial charge >= 0.3 is 0 Å². The molecule has 0 saturated heterocycles. The molecular weight excluding hydrogens is 340 g/mol. The average molecular weight is 373 g/mol. The summed E-state index contributed by atoms with van der Waals surface area (Å²) in [7, 11) is 0. The minimum atomic E-state index is -0.0553. The van der Waals surface area contributed by atoms with Gasteiger partial charge in [-0.05, 0) is 38.5 Å². The molecule has 0 fully saturated rings. The van der Waals surface area contributed by atoms with E-state index in [1.165, 1.54) is 5.56 Å². The molecule has 0 aliphatic rings. The molecule has 0 amide bonds. The molecule has 1 atom stereocenters. The number of ether oxygens (including phenoxy) is 1. The number of nitrogens with zero attached hydrogens (tertiary/aromatic N) is 2. The van der Waals surface area contributed by atoms with Crippen LogP contribution in [0.1, 0.15) is 51.8 Å². The van der Waals surface area contributed by atoms with Crippen molar-refractivity contribution in [3.63, 3.8) is 0 Å². The van der Waals surface area contributed by atoms with Crippen molar-refractivity contribution in [2.75, 3.05) is 13.1 Å². The second-order valence-corrected chi connectivity index (χ2v) is 7.69. The molecular formula is C21H32N4O2. The van der Waals surface area contributed by atoms with Gasteiger partial charge in [0.15, 0.2) is 5.96 Å². The Morgan fingerprint density at radius 1 is 1.30 bits per heavy atom. The zero-order valence-corrected chi connectivity index (χ0v) is 17.3. The van der Waals surface area contributed by atoms with Crippen LogP contribution in [0.15, 0.2) is 39.9 Å². The van der Waals surface area contributed by atoms with Crippen LogP contribution in [0.5, 0.6) is 5.75 Å². The van der Waals surface area contributed by atoms with Gasteiger partial charge in [0.2, 0.25) is 5.89 Å². The number of hydrogen-bond acceptors (Lipinski definition) is 4. The normalized spacial score (nSPS) is 13.3. The van der Waals surface area contributed by atoms with Crippen molar-refractivity contribution in [2.24, 2.45) is 4.99 Å². The predicted octanol–water partition coefficient (Wildman–Crippen LogP) is 3.80. The standard InChI is InChI=1S/C21H32N4O2/c1-7-22-20(25-14-19-23-13-18(27-19)21(4,5)6)24-12-16(3)26-17-10-8-9-15(2)11-17/h8-11,13,16H,7,12,14H2,1-6H3,(H2,22,24,25). The van der Waals surface area contributed by atoms with Gasteiger partial charge in [0.05, 0.1) is 12.7 Å². The van der Waals surface area contributed by atoms with Gasteiger partial charge in [-0.15, -0.1) is 0 Å². The molecule has 1 unspecified atom stereocenters. The summed E-state index contributed by atoms with van der Waals surface area (Å²) >= 11 is 0. The van der Waals surface area contributed by atoms with Crippen molar-refractivity contribution in [2.45, 2.75) is 59.6 Å². The molecule has 148 valence electrons. The topological polar surface area (TPSA) is 71.7 Å². The molecule has 2 rings (SSSR count). The summed E-state index contributed by atoms with van der Waals surface area (Å²) in [5, 5.41) is 6.54. The zero-order chi connectivity index (χ0) is 19.9. The van der Waals surface area contributed by atoms with E-state index in [0.29, 0.717) is 24.9 Å². The van der Waals surface area contributed by atoms with E-state index >= 15 is 0 Å². The van der Waals surface area contributed by atoms with Gasteiger partial charge in [-0.2, -0.15) is 0 Å². The predicted molar refractivity (Wildman–Crippen MR) is 109 cm³/mol. The molecule has 1 aromatic carbocycles. The number of guanidine groups is 1. The fourth-order valence-electron chi connectivity index (χ4n) is 2.42. The third-order valence-corrected chi connectivity index (χ3v) is 3.89. The molecule has 1 heterocycles. The molecule has 0 radical (unpaired) electrons. The van der Waals surface area contributed by atoms with Crippen LogP contribution in [0, 0.1) is 6.92 Å². The number of aromatic nitrogens is 1. The molecule has 2 N–H and O–H groups in total. The smallest absolute Gasteiger partial charge is 0.216 e. The number of nitrogens with one attached hydrogen (secondary N) is 2. The Balaban J connectivity index is 1.90. The second kappa shape index (κ2) is 9.44. The van der Waals surface area contributed by atoms with Crippen LogP contribution in [-0.2, 0) is 12.0 Å². The van der Waals surface area contributed by atoms with Crippen molar-refractivity contribution in [3.8, 4) is 5.75 Å². The van der Waals surface area contributed by atoms with Crippen molar-refractivity contribution >= 4 is 5.96 Å². The summed E-state index contributed by atoms with van der Waals surface area (Å²) in [6.07, 6.45) is 1.79. The Labute approximate surface area is 162 Å². The lowest BCUT2D eigenvalue weighted by Crippen LogP contribution is -2.41. The van der Waals surface area contributed by atoms with Gasteiger partial charge in [-0.1, -0.05) is 32.9 Å². The van der Waals surface area contributed by atoms with Crippen molar-refractivity contribution < 1.29 is 9.15 Å². The molecule has 0 saturated carbocycles. The highest BCUT2D eigenvalue weighted by Gasteiger charge is 2.19. The molecule has 0 bridgehead atoms. The highest BCUT2D eigenvalue weighted by molar-refractivity contribution is 5.79. The first kappa shape index (κ1) is 20.8. The van der Waals surface area contributed by atoms with Crippen LogP contribution in [0.3, 0.4) is 0 Å². The van der Waals surface area contributed by atoms with Crippen LogP contribution >= 0.6 is 0 Å². The number of oxazole rings is 1. The molecule has 27 heavy (non-hydrogen) atoms. The highest BCUT2D eigenvalue weighted by atomic mass is 16.5. The Hall–Kier alpha value is -2.50. The van der Waals surface area contributed by atoms with Crippen LogP contribution in [0.4, 0.5) is 0 Å². The van der Waals surface area contributed by atoms with Gasteiger partial charge in [0, 0.05) is 12.0 Å². The largest absolute Gasteiger partial charge is 0.489 e. The van der Waals surface area contributed by atoms with Crippen molar-refractivity contribution in [1.82, 2.24) is 15.6 Å². The summed E-state index contributed by atoms with van der Waals surface area (Å²) in [6.45, 7) is 14.2. The first-order valence-electron chi connectivity index (χ1n) is 9.48. The zero-order valence-electron chi connectivity index (χ0n) is 17.3. The lowest BCUT2D eigenvalue weighted by Gasteiger charge is -2.18. The minimum absolute atomic E-state index is 0.00453. The van der Waals surface area contributed by atoms with Crippen LogP contribution < -0.4 is 15.4 Å². The Morgan fingerprint density at radius 3 is 2.70 bits per heavy atom. The lowest BCUT2D eigenvalue weighted by molar-refractivity contribution is 0.223. The van der Waals surface area contributed by atoms with E-state index in [2.05, 4.69) is 54.4 Å². The highest BCUT2D eigenvalue weighted by Crippen LogP contribution is 2.22. The summed E-state index contributed by atoms with van der Waals surface area (Å²) in [5.41, 5.74) is 1.13. The van der Waals surface area contributed by atoms with E-state index < -0.39 is 0 Å². The number of aliphatic imine (C=N–C) groups is 1. The lowest BCUT2D eigenvalue weighted by atomic mass is 9.94. The fraction of sp³-hybridized carbons (Fsp3) is 0.524. The van der Waals surface area contributed by atoms with E-state index in [9.17, 15) is 0 Å². The molecule has 0 aliphatic heterocycles. The quantitative estimate of drug-likeness (QED) is 0.571. The minimum Gasteiger partial charge on any atom is -0.489 e. The number of rotatable bonds is 7. The van der Waals surface area contributed by atoms with Gasteiger partial charge in [0.25, 0.3) is 0 Å². The van der Waals surface area contributed by atoms with Gasteiger partial charge in [0.1, 0.15) is 24.2 Å². The second-order valence-electron chi connectivity index (χ2n) is 7.69. The maximum Gasteiger partial charge on any atom is 0.216 e. The summed E-state index contributed by atoms with van der Waals surface area (Å²) in [6, 6.07) is 8.06. The van der Waals surface area contributed by atoms with E-state index in [1.54, 1.807) is 6.20 Å². The molecule has 6 nitrogen and oxygen atoms in total. The summed E-state index contributed by atoms with van der Waals surface area (Å²) < 4.78 is 11.7. The first-order chi connectivity index (χ1) is 12.8. The molecule has 0 spiro atoms. The van der Waals surface area contributed by atoms with Crippen LogP contribution in [0.2, 0.25) is 0 Å². The van der Waals surface area contributed by atoms with Crippen molar-refractivity contribution in [1.29, 1.82) is 0 Å². The summed E-state index contributed by atoms with van der Waals surface area (Å²) in [4.78, 5) is 8.87. The summed E-state index contributed by atoms with van der Waals surface area (Å²) in [5.74, 6) is 3.07. The third kappa shape index (κ3) is 6.96. The SMILES string of the molecule is CCNC(=NCc1ncc(C(C)(C)C)o1)NCC(C)Oc1cccc(C)c1. The fourth-order valence-corrected chi connectivity index (χ4v) is 2.42. The maximum atomic E-state index is 5.95. The van der Waals surface area contributed by atoms with E-state index in [-0.39, 0.29) is 11.5 Å². The molecule has 1 aromatic heterocycles. The van der Waals surface area contributed by atoms with Crippen LogP contribution in [-0.4, -0.2) is 30.1 Å². The monoisotopic (exact) mass is 372 g/mol. The van der Waals surface area contributed by atoms with Crippen LogP contribution in [0.25, 0.3) is 0 Å². The number of hydrogen-bond donors (Lipinski definition) is 2. The first-order valence-corrected chi connectivity index (χ1v) is 9.48. The number of aryl methyl sites for hydroxylation is 1. The molecule has 2 aromatic rings. The number of benzene rings is 1. The third-order valence-electron chi connectivity index (χ3n) is 3.89. The molecule has 6 heteroatoms. The maximum absolute atomic E-state index is 5.95. The van der Waals surface area contributed by atoms with Crippen molar-refractivity contribution in [3.05, 3.63) is 47.7 Å².